The lowest BCUT2D eigenvalue weighted by Crippen LogP contribution is -2.26. The van der Waals surface area contributed by atoms with E-state index in [1.165, 1.54) is 14.2 Å². The fraction of sp³-hybridized carbons (Fsp3) is 0.250. The molecule has 2 aromatic carbocycles. The number of benzene rings is 2. The molecular weight excluding hydrogens is 357 g/mol. The molecule has 1 N–H and O–H groups in total. The SMILES string of the molecule is COc1cccc(CCNS(=O)(=O)c2ccc(F)cc2Cl)c1OC. The third-order valence-corrected chi connectivity index (χ3v) is 5.30. The molecule has 0 saturated heterocycles. The molecule has 130 valence electrons. The predicted molar refractivity (Wildman–Crippen MR) is 89.8 cm³/mol. The summed E-state index contributed by atoms with van der Waals surface area (Å²) in [6.45, 7) is 0.125. The van der Waals surface area contributed by atoms with Gasteiger partial charge in [0.2, 0.25) is 10.0 Å². The van der Waals surface area contributed by atoms with Crippen molar-refractivity contribution in [3.8, 4) is 11.5 Å². The third-order valence-electron chi connectivity index (χ3n) is 3.35. The van der Waals surface area contributed by atoms with Crippen molar-refractivity contribution < 1.29 is 22.3 Å². The van der Waals surface area contributed by atoms with Gasteiger partial charge in [-0.05, 0) is 36.2 Å². The number of sulfonamides is 1. The van der Waals surface area contributed by atoms with Crippen LogP contribution >= 0.6 is 11.6 Å². The maximum atomic E-state index is 13.0. The van der Waals surface area contributed by atoms with Gasteiger partial charge in [0.1, 0.15) is 10.7 Å². The van der Waals surface area contributed by atoms with E-state index in [1.807, 2.05) is 6.07 Å². The molecule has 0 unspecified atom stereocenters. The Morgan fingerprint density at radius 3 is 2.54 bits per heavy atom. The summed E-state index contributed by atoms with van der Waals surface area (Å²) in [7, 11) is -0.787. The normalized spacial score (nSPS) is 11.3. The molecule has 5 nitrogen and oxygen atoms in total. The summed E-state index contributed by atoms with van der Waals surface area (Å²) in [6, 6.07) is 8.51. The molecule has 0 saturated carbocycles. The van der Waals surface area contributed by atoms with Crippen molar-refractivity contribution in [1.29, 1.82) is 0 Å². The van der Waals surface area contributed by atoms with Crippen LogP contribution in [0.25, 0.3) is 0 Å². The Hall–Kier alpha value is -1.83. The molecule has 0 aliphatic carbocycles. The van der Waals surface area contributed by atoms with E-state index in [9.17, 15) is 12.8 Å². The minimum Gasteiger partial charge on any atom is -0.493 e. The number of nitrogens with one attached hydrogen (secondary N) is 1. The largest absolute Gasteiger partial charge is 0.493 e. The van der Waals surface area contributed by atoms with Crippen LogP contribution in [0.1, 0.15) is 5.56 Å². The molecule has 0 aliphatic heterocycles. The van der Waals surface area contributed by atoms with Crippen molar-refractivity contribution >= 4 is 21.6 Å². The van der Waals surface area contributed by atoms with Crippen molar-refractivity contribution in [2.24, 2.45) is 0 Å². The van der Waals surface area contributed by atoms with Gasteiger partial charge in [-0.15, -0.1) is 0 Å². The van der Waals surface area contributed by atoms with E-state index in [4.69, 9.17) is 21.1 Å². The maximum Gasteiger partial charge on any atom is 0.242 e. The molecule has 0 spiro atoms. The van der Waals surface area contributed by atoms with Gasteiger partial charge in [-0.2, -0.15) is 0 Å². The number of ether oxygens (including phenoxy) is 2. The molecule has 0 aliphatic rings. The minimum absolute atomic E-state index is 0.125. The van der Waals surface area contributed by atoms with E-state index in [-0.39, 0.29) is 16.5 Å². The Balaban J connectivity index is 2.11. The van der Waals surface area contributed by atoms with E-state index < -0.39 is 15.8 Å². The van der Waals surface area contributed by atoms with Crippen LogP contribution in [0.4, 0.5) is 4.39 Å². The van der Waals surface area contributed by atoms with Gasteiger partial charge in [0.15, 0.2) is 11.5 Å². The fourth-order valence-electron chi connectivity index (χ4n) is 2.24. The number of methoxy groups -OCH3 is 2. The first-order chi connectivity index (χ1) is 11.4. The van der Waals surface area contributed by atoms with Crippen molar-refractivity contribution in [2.45, 2.75) is 11.3 Å². The Bertz CT molecular complexity index is 827. The number of rotatable bonds is 7. The molecular formula is C16H17ClFNO4S. The Morgan fingerprint density at radius 1 is 1.17 bits per heavy atom. The zero-order valence-electron chi connectivity index (χ0n) is 13.2. The summed E-state index contributed by atoms with van der Waals surface area (Å²) in [5.74, 6) is 0.526. The lowest BCUT2D eigenvalue weighted by atomic mass is 10.1. The van der Waals surface area contributed by atoms with E-state index in [0.717, 1.165) is 23.8 Å². The number of para-hydroxylation sites is 1. The third kappa shape index (κ3) is 4.17. The summed E-state index contributed by atoms with van der Waals surface area (Å²) >= 11 is 5.80. The second kappa shape index (κ2) is 7.83. The quantitative estimate of drug-likeness (QED) is 0.810. The standard InChI is InChI=1S/C16H17ClFNO4S/c1-22-14-5-3-4-11(16(14)23-2)8-9-19-24(20,21)15-7-6-12(18)10-13(15)17/h3-7,10,19H,8-9H2,1-2H3. The average molecular weight is 374 g/mol. The highest BCUT2D eigenvalue weighted by atomic mass is 35.5. The van der Waals surface area contributed by atoms with Crippen LogP contribution < -0.4 is 14.2 Å². The summed E-state index contributed by atoms with van der Waals surface area (Å²) in [4.78, 5) is -0.164. The van der Waals surface area contributed by atoms with Crippen molar-refractivity contribution in [1.82, 2.24) is 4.72 Å². The van der Waals surface area contributed by atoms with Crippen molar-refractivity contribution in [2.75, 3.05) is 20.8 Å². The topological polar surface area (TPSA) is 64.6 Å². The van der Waals surface area contributed by atoms with Crippen LogP contribution in [-0.2, 0) is 16.4 Å². The van der Waals surface area contributed by atoms with Gasteiger partial charge < -0.3 is 9.47 Å². The van der Waals surface area contributed by atoms with Gasteiger partial charge in [0, 0.05) is 6.54 Å². The zero-order chi connectivity index (χ0) is 17.7. The van der Waals surface area contributed by atoms with E-state index in [0.29, 0.717) is 17.9 Å². The first-order valence-corrected chi connectivity index (χ1v) is 8.89. The molecule has 0 radical (unpaired) electrons. The Kier molecular flexibility index (Phi) is 6.04. The van der Waals surface area contributed by atoms with E-state index in [1.54, 1.807) is 12.1 Å². The predicted octanol–water partition coefficient (Wildman–Crippen LogP) is 3.02. The smallest absolute Gasteiger partial charge is 0.242 e. The van der Waals surface area contributed by atoms with Crippen LogP contribution in [0.15, 0.2) is 41.3 Å². The number of halogens is 2. The van der Waals surface area contributed by atoms with Crippen LogP contribution in [0.5, 0.6) is 11.5 Å². The van der Waals surface area contributed by atoms with Crippen LogP contribution in [0, 0.1) is 5.82 Å². The van der Waals surface area contributed by atoms with Gasteiger partial charge in [-0.25, -0.2) is 17.5 Å². The highest BCUT2D eigenvalue weighted by molar-refractivity contribution is 7.89. The number of hydrogen-bond acceptors (Lipinski definition) is 4. The molecule has 24 heavy (non-hydrogen) atoms. The van der Waals surface area contributed by atoms with Gasteiger partial charge in [0.25, 0.3) is 0 Å². The summed E-state index contributed by atoms with van der Waals surface area (Å²) in [5.41, 5.74) is 0.796. The molecule has 0 fully saturated rings. The Labute approximate surface area is 145 Å². The molecule has 2 aromatic rings. The second-order valence-electron chi connectivity index (χ2n) is 4.88. The highest BCUT2D eigenvalue weighted by Crippen LogP contribution is 2.31. The van der Waals surface area contributed by atoms with E-state index >= 15 is 0 Å². The maximum absolute atomic E-state index is 13.0. The van der Waals surface area contributed by atoms with Crippen molar-refractivity contribution in [3.63, 3.8) is 0 Å². The van der Waals surface area contributed by atoms with Crippen LogP contribution in [0.3, 0.4) is 0 Å². The van der Waals surface area contributed by atoms with Gasteiger partial charge >= 0.3 is 0 Å². The number of hydrogen-bond donors (Lipinski definition) is 1. The fourth-order valence-corrected chi connectivity index (χ4v) is 3.80. The molecule has 2 rings (SSSR count). The van der Waals surface area contributed by atoms with Gasteiger partial charge in [-0.3, -0.25) is 0 Å². The minimum atomic E-state index is -3.83. The molecule has 0 amide bonds. The molecule has 0 heterocycles. The van der Waals surface area contributed by atoms with Gasteiger partial charge in [0.05, 0.1) is 19.2 Å². The highest BCUT2D eigenvalue weighted by Gasteiger charge is 2.18. The molecule has 0 bridgehead atoms. The zero-order valence-corrected chi connectivity index (χ0v) is 14.7. The lowest BCUT2D eigenvalue weighted by molar-refractivity contribution is 0.351. The Morgan fingerprint density at radius 2 is 1.92 bits per heavy atom. The molecule has 0 atom stereocenters. The monoisotopic (exact) mass is 373 g/mol. The molecule has 8 heteroatoms. The molecule has 0 aromatic heterocycles. The summed E-state index contributed by atoms with van der Waals surface area (Å²) in [6.07, 6.45) is 0.387. The summed E-state index contributed by atoms with van der Waals surface area (Å²) in [5, 5.41) is -0.165. The van der Waals surface area contributed by atoms with Crippen LogP contribution in [-0.4, -0.2) is 29.2 Å². The van der Waals surface area contributed by atoms with E-state index in [2.05, 4.69) is 4.72 Å². The first-order valence-electron chi connectivity index (χ1n) is 7.03. The van der Waals surface area contributed by atoms with Crippen molar-refractivity contribution in [3.05, 3.63) is 52.8 Å². The first kappa shape index (κ1) is 18.5. The summed E-state index contributed by atoms with van der Waals surface area (Å²) < 4.78 is 50.5. The average Bonchev–Trinajstić information content (AvgIpc) is 2.53. The lowest BCUT2D eigenvalue weighted by Gasteiger charge is -2.13. The van der Waals surface area contributed by atoms with Gasteiger partial charge in [-0.1, -0.05) is 23.7 Å². The van der Waals surface area contributed by atoms with Crippen LogP contribution in [0.2, 0.25) is 5.02 Å². The second-order valence-corrected chi connectivity index (χ2v) is 7.02.